The fraction of sp³-hybridized carbons (Fsp3) is 0.733. The minimum absolute atomic E-state index is 0.954. The van der Waals surface area contributed by atoms with Gasteiger partial charge < -0.3 is 0 Å². The molecule has 254 valence electrons. The van der Waals surface area contributed by atoms with Crippen LogP contribution in [0.15, 0.2) is 72.9 Å². The van der Waals surface area contributed by atoms with Gasteiger partial charge >= 0.3 is 0 Å². The van der Waals surface area contributed by atoms with E-state index in [0.29, 0.717) is 0 Å². The summed E-state index contributed by atoms with van der Waals surface area (Å²) in [5.74, 6) is 9.95. The summed E-state index contributed by atoms with van der Waals surface area (Å²) < 4.78 is 0. The molecule has 9 aliphatic rings. The molecule has 10 unspecified atom stereocenters. The second-order valence-corrected chi connectivity index (χ2v) is 15.3. The van der Waals surface area contributed by atoms with Gasteiger partial charge in [-0.05, 0) is 130 Å². The molecule has 0 heteroatoms. The van der Waals surface area contributed by atoms with Gasteiger partial charge in [0.25, 0.3) is 0 Å². The standard InChI is InChI=1S/C11H14.C10H16.C9H14.2C4H6.C4H10.C3H8/c1-2-4-11-9-6-5-8(7-9)10(11)3-1;1-2-3-9-6-8-4-5-10(9)7-8;1-2-8-5-7-3-4-9(8)6-7;2*1-2-4-3-1;1-3-4-2;1-3-2/h1-2,5-6,8-11H,3-4,7H2;4-5,8-10H,2-3,6-7H2,1H3;3-4,7-9H,2,5-6H2,1H3;2*1-2H,3-4H2;3-4H2,1-2H3;3H2,1-2H3. The zero-order valence-corrected chi connectivity index (χ0v) is 30.7. The summed E-state index contributed by atoms with van der Waals surface area (Å²) in [6.07, 6.45) is 51.7. The van der Waals surface area contributed by atoms with Crippen molar-refractivity contribution in [3.8, 4) is 0 Å². The third-order valence-electron chi connectivity index (χ3n) is 11.6. The highest BCUT2D eigenvalue weighted by Gasteiger charge is 2.43. The summed E-state index contributed by atoms with van der Waals surface area (Å²) in [5, 5.41) is 0. The van der Waals surface area contributed by atoms with Gasteiger partial charge in [-0.1, -0.05) is 153 Å². The van der Waals surface area contributed by atoms with Gasteiger partial charge in [0.1, 0.15) is 0 Å². The first-order chi connectivity index (χ1) is 22.1. The van der Waals surface area contributed by atoms with Crippen molar-refractivity contribution in [3.63, 3.8) is 0 Å². The lowest BCUT2D eigenvalue weighted by Gasteiger charge is -2.28. The van der Waals surface area contributed by atoms with E-state index in [2.05, 4.69) is 114 Å². The molecule has 0 heterocycles. The second kappa shape index (κ2) is 22.1. The molecular formula is C45H74. The third-order valence-corrected chi connectivity index (χ3v) is 11.6. The molecule has 0 aromatic rings. The van der Waals surface area contributed by atoms with Crippen LogP contribution in [-0.4, -0.2) is 0 Å². The SMILES string of the molecule is C1=CCC1.C1=CCC1.C1=CCC2C3C=CC(C3)C2C1.CCC.CCC1CC2C=CC1C2.CCCC.CCCC1CC2C=CC1C2. The third kappa shape index (κ3) is 12.5. The molecule has 45 heavy (non-hydrogen) atoms. The van der Waals surface area contributed by atoms with E-state index in [1.165, 1.54) is 109 Å². The fourth-order valence-electron chi connectivity index (χ4n) is 8.53. The van der Waals surface area contributed by atoms with Crippen molar-refractivity contribution in [2.45, 2.75) is 151 Å². The van der Waals surface area contributed by atoms with E-state index in [0.717, 1.165) is 59.2 Å². The first kappa shape index (κ1) is 37.9. The molecule has 0 aromatic carbocycles. The summed E-state index contributed by atoms with van der Waals surface area (Å²) >= 11 is 0. The van der Waals surface area contributed by atoms with E-state index in [9.17, 15) is 0 Å². The molecule has 0 saturated heterocycles. The summed E-state index contributed by atoms with van der Waals surface area (Å²) in [5.41, 5.74) is 0. The Kier molecular flexibility index (Phi) is 18.6. The predicted molar refractivity (Wildman–Crippen MR) is 202 cm³/mol. The normalized spacial score (nSPS) is 36.1. The van der Waals surface area contributed by atoms with Crippen LogP contribution in [0.3, 0.4) is 0 Å². The van der Waals surface area contributed by atoms with Gasteiger partial charge in [-0.15, -0.1) is 0 Å². The number of unbranched alkanes of at least 4 members (excludes halogenated alkanes) is 1. The highest BCUT2D eigenvalue weighted by atomic mass is 14.5. The van der Waals surface area contributed by atoms with Gasteiger partial charge in [0.05, 0.1) is 0 Å². The van der Waals surface area contributed by atoms with Crippen molar-refractivity contribution in [1.29, 1.82) is 0 Å². The second-order valence-electron chi connectivity index (χ2n) is 15.3. The van der Waals surface area contributed by atoms with Gasteiger partial charge in [0, 0.05) is 0 Å². The van der Waals surface area contributed by atoms with Crippen LogP contribution >= 0.6 is 0 Å². The van der Waals surface area contributed by atoms with Gasteiger partial charge in [-0.2, -0.15) is 0 Å². The first-order valence-electron chi connectivity index (χ1n) is 20.1. The summed E-state index contributed by atoms with van der Waals surface area (Å²) in [7, 11) is 0. The summed E-state index contributed by atoms with van der Waals surface area (Å²) in [6, 6.07) is 0. The molecule has 3 saturated carbocycles. The maximum Gasteiger partial charge on any atom is -0.0193 e. The van der Waals surface area contributed by atoms with Crippen LogP contribution in [0.4, 0.5) is 0 Å². The zero-order valence-electron chi connectivity index (χ0n) is 30.7. The smallest absolute Gasteiger partial charge is 0.0193 e. The molecule has 0 radical (unpaired) electrons. The van der Waals surface area contributed by atoms with Gasteiger partial charge in [-0.3, -0.25) is 0 Å². The van der Waals surface area contributed by atoms with Crippen molar-refractivity contribution in [1.82, 2.24) is 0 Å². The highest BCUT2D eigenvalue weighted by Crippen LogP contribution is 2.52. The topological polar surface area (TPSA) is 0 Å². The lowest BCUT2D eigenvalue weighted by atomic mass is 9.76. The van der Waals surface area contributed by atoms with Gasteiger partial charge in [-0.25, -0.2) is 0 Å². The molecule has 10 atom stereocenters. The summed E-state index contributed by atoms with van der Waals surface area (Å²) in [4.78, 5) is 0. The maximum absolute atomic E-state index is 2.46. The van der Waals surface area contributed by atoms with Crippen molar-refractivity contribution in [2.24, 2.45) is 59.2 Å². The molecular weight excluding hydrogens is 540 g/mol. The number of hydrogen-bond acceptors (Lipinski definition) is 0. The molecule has 0 aromatic heterocycles. The maximum atomic E-state index is 2.46. The Hall–Kier alpha value is -1.56. The van der Waals surface area contributed by atoms with Crippen molar-refractivity contribution >= 4 is 0 Å². The molecule has 0 aliphatic heterocycles. The monoisotopic (exact) mass is 615 g/mol. The van der Waals surface area contributed by atoms with E-state index in [-0.39, 0.29) is 0 Å². The molecule has 0 nitrogen and oxygen atoms in total. The molecule has 0 spiro atoms. The minimum atomic E-state index is 0.954. The van der Waals surface area contributed by atoms with E-state index in [1.54, 1.807) is 0 Å². The first-order valence-corrected chi connectivity index (χ1v) is 20.1. The van der Waals surface area contributed by atoms with Crippen LogP contribution in [-0.2, 0) is 0 Å². The molecule has 0 N–H and O–H groups in total. The molecule has 3 fully saturated rings. The van der Waals surface area contributed by atoms with Crippen LogP contribution in [0.25, 0.3) is 0 Å². The van der Waals surface area contributed by atoms with Crippen LogP contribution in [0.5, 0.6) is 0 Å². The van der Waals surface area contributed by atoms with Gasteiger partial charge in [0.2, 0.25) is 0 Å². The van der Waals surface area contributed by atoms with Gasteiger partial charge in [0.15, 0.2) is 0 Å². The average Bonchev–Trinajstić information content (AvgIpc) is 3.86. The minimum Gasteiger partial charge on any atom is -0.0882 e. The van der Waals surface area contributed by atoms with Crippen LogP contribution in [0, 0.1) is 59.2 Å². The predicted octanol–water partition coefficient (Wildman–Crippen LogP) is 14.3. The van der Waals surface area contributed by atoms with Crippen LogP contribution < -0.4 is 0 Å². The lowest BCUT2D eigenvalue weighted by molar-refractivity contribution is 0.302. The Morgan fingerprint density at radius 2 is 0.822 bits per heavy atom. The number of rotatable bonds is 4. The number of hydrogen-bond donors (Lipinski definition) is 0. The van der Waals surface area contributed by atoms with Crippen molar-refractivity contribution in [2.75, 3.05) is 0 Å². The number of allylic oxidation sites excluding steroid dienone is 12. The van der Waals surface area contributed by atoms with Crippen molar-refractivity contribution < 1.29 is 0 Å². The molecule has 0 amide bonds. The Balaban J connectivity index is 0.000000152. The zero-order chi connectivity index (χ0) is 32.3. The molecule has 9 aliphatic carbocycles. The fourth-order valence-corrected chi connectivity index (χ4v) is 8.53. The average molecular weight is 615 g/mol. The Morgan fingerprint density at radius 3 is 1.09 bits per heavy atom. The van der Waals surface area contributed by atoms with E-state index in [1.807, 2.05) is 0 Å². The lowest BCUT2D eigenvalue weighted by Crippen LogP contribution is -2.20. The van der Waals surface area contributed by atoms with Crippen LogP contribution in [0.1, 0.15) is 151 Å². The Bertz CT molecular complexity index is 891. The highest BCUT2D eigenvalue weighted by molar-refractivity contribution is 5.17. The largest absolute Gasteiger partial charge is 0.0882 e. The Morgan fingerprint density at radius 1 is 0.422 bits per heavy atom. The van der Waals surface area contributed by atoms with Crippen molar-refractivity contribution in [3.05, 3.63) is 72.9 Å². The van der Waals surface area contributed by atoms with E-state index >= 15 is 0 Å². The quantitative estimate of drug-likeness (QED) is 0.276. The Labute approximate surface area is 282 Å². The van der Waals surface area contributed by atoms with Crippen LogP contribution in [0.2, 0.25) is 0 Å². The van der Waals surface area contributed by atoms with E-state index < -0.39 is 0 Å². The number of fused-ring (bicyclic) bond motifs is 9. The summed E-state index contributed by atoms with van der Waals surface area (Å²) in [6.45, 7) is 13.2. The molecule has 6 bridgehead atoms. The van der Waals surface area contributed by atoms with E-state index in [4.69, 9.17) is 0 Å². The molecule has 9 rings (SSSR count).